The van der Waals surface area contributed by atoms with Gasteiger partial charge >= 0.3 is 0 Å². The highest BCUT2D eigenvalue weighted by molar-refractivity contribution is 5.94. The lowest BCUT2D eigenvalue weighted by molar-refractivity contribution is 0.0247. The molecule has 7 heteroatoms. The summed E-state index contributed by atoms with van der Waals surface area (Å²) in [6, 6.07) is 5.71. The van der Waals surface area contributed by atoms with Crippen LogP contribution in [-0.4, -0.2) is 57.9 Å². The molecule has 1 atom stereocenters. The summed E-state index contributed by atoms with van der Waals surface area (Å²) in [4.78, 5) is 19.1. The van der Waals surface area contributed by atoms with E-state index in [9.17, 15) is 4.79 Å². The number of nitrogens with one attached hydrogen (secondary N) is 1. The van der Waals surface area contributed by atoms with Gasteiger partial charge in [0.05, 0.1) is 11.7 Å². The fraction of sp³-hybridized carbons (Fsp3) is 0.571. The minimum absolute atomic E-state index is 0.0761. The number of carbonyl (C=O) groups is 1. The number of rotatable bonds is 6. The third-order valence-corrected chi connectivity index (χ3v) is 5.70. The van der Waals surface area contributed by atoms with Crippen molar-refractivity contribution >= 4 is 11.7 Å². The minimum Gasteiger partial charge on any atom is -0.376 e. The number of ether oxygens (including phenoxy) is 1. The second kappa shape index (κ2) is 9.19. The van der Waals surface area contributed by atoms with Crippen molar-refractivity contribution in [3.05, 3.63) is 42.4 Å². The van der Waals surface area contributed by atoms with Gasteiger partial charge in [-0.1, -0.05) is 0 Å². The molecule has 4 heterocycles. The molecule has 0 radical (unpaired) electrons. The zero-order valence-corrected chi connectivity index (χ0v) is 16.3. The maximum absolute atomic E-state index is 12.8. The summed E-state index contributed by atoms with van der Waals surface area (Å²) in [6.45, 7) is 4.14. The van der Waals surface area contributed by atoms with E-state index in [2.05, 4.69) is 15.4 Å². The molecule has 28 heavy (non-hydrogen) atoms. The van der Waals surface area contributed by atoms with Crippen molar-refractivity contribution in [3.8, 4) is 0 Å². The van der Waals surface area contributed by atoms with E-state index in [1.807, 2.05) is 40.2 Å². The summed E-state index contributed by atoms with van der Waals surface area (Å²) in [5.74, 6) is 1.45. The highest BCUT2D eigenvalue weighted by Gasteiger charge is 2.24. The molecule has 1 N–H and O–H groups in total. The lowest BCUT2D eigenvalue weighted by Crippen LogP contribution is -2.39. The molecular formula is C21H29N5O2. The molecule has 0 spiro atoms. The van der Waals surface area contributed by atoms with E-state index in [1.54, 1.807) is 6.20 Å². The van der Waals surface area contributed by atoms with E-state index < -0.39 is 0 Å². The largest absolute Gasteiger partial charge is 0.376 e. The Balaban J connectivity index is 1.24. The van der Waals surface area contributed by atoms with Gasteiger partial charge in [-0.2, -0.15) is 5.10 Å². The number of pyridine rings is 1. The van der Waals surface area contributed by atoms with E-state index in [0.717, 1.165) is 64.3 Å². The zero-order valence-electron chi connectivity index (χ0n) is 16.3. The summed E-state index contributed by atoms with van der Waals surface area (Å²) in [6.07, 6.45) is 11.3. The van der Waals surface area contributed by atoms with Crippen LogP contribution >= 0.6 is 0 Å². The average molecular weight is 383 g/mol. The van der Waals surface area contributed by atoms with Crippen LogP contribution in [0.2, 0.25) is 0 Å². The van der Waals surface area contributed by atoms with Crippen molar-refractivity contribution in [2.75, 3.05) is 31.6 Å². The van der Waals surface area contributed by atoms with Crippen LogP contribution in [0.4, 0.5) is 5.82 Å². The molecule has 2 aliphatic rings. The molecular weight excluding hydrogens is 354 g/mol. The van der Waals surface area contributed by atoms with Gasteiger partial charge in [0.1, 0.15) is 5.82 Å². The average Bonchev–Trinajstić information content (AvgIpc) is 3.26. The Labute approximate surface area is 166 Å². The van der Waals surface area contributed by atoms with Gasteiger partial charge < -0.3 is 15.0 Å². The van der Waals surface area contributed by atoms with E-state index in [4.69, 9.17) is 4.74 Å². The lowest BCUT2D eigenvalue weighted by Gasteiger charge is -2.32. The standard InChI is InChI=1S/C21H29N5O2/c27-21(25-11-7-17(8-12-25)16-26-10-3-9-24-26)18-5-6-20(22-14-18)23-15-19-4-1-2-13-28-19/h3,5-6,9-10,14,17,19H,1-2,4,7-8,11-13,15-16H2,(H,22,23)/t19-/m0/s1. The number of amides is 1. The Morgan fingerprint density at radius 1 is 1.21 bits per heavy atom. The van der Waals surface area contributed by atoms with Crippen molar-refractivity contribution in [1.82, 2.24) is 19.7 Å². The van der Waals surface area contributed by atoms with Crippen LogP contribution in [-0.2, 0) is 11.3 Å². The van der Waals surface area contributed by atoms with Gasteiger partial charge in [-0.15, -0.1) is 0 Å². The maximum atomic E-state index is 12.8. The van der Waals surface area contributed by atoms with Gasteiger partial charge in [0.25, 0.3) is 5.91 Å². The monoisotopic (exact) mass is 383 g/mol. The third kappa shape index (κ3) is 4.90. The highest BCUT2D eigenvalue weighted by atomic mass is 16.5. The fourth-order valence-corrected chi connectivity index (χ4v) is 3.99. The Hall–Kier alpha value is -2.41. The number of aromatic nitrogens is 3. The molecule has 0 aliphatic carbocycles. The summed E-state index contributed by atoms with van der Waals surface area (Å²) in [7, 11) is 0. The van der Waals surface area contributed by atoms with Gasteiger partial charge in [0.2, 0.25) is 0 Å². The Kier molecular flexibility index (Phi) is 6.21. The molecule has 0 aromatic carbocycles. The fourth-order valence-electron chi connectivity index (χ4n) is 3.99. The van der Waals surface area contributed by atoms with Gasteiger partial charge in [0, 0.05) is 51.4 Å². The van der Waals surface area contributed by atoms with Crippen molar-refractivity contribution in [1.29, 1.82) is 0 Å². The first-order valence-corrected chi connectivity index (χ1v) is 10.4. The van der Waals surface area contributed by atoms with Crippen LogP contribution in [0.1, 0.15) is 42.5 Å². The Bertz CT molecular complexity index is 733. The quantitative estimate of drug-likeness (QED) is 0.830. The third-order valence-electron chi connectivity index (χ3n) is 5.70. The van der Waals surface area contributed by atoms with Crippen molar-refractivity contribution < 1.29 is 9.53 Å². The molecule has 2 aliphatic heterocycles. The minimum atomic E-state index is 0.0761. The van der Waals surface area contributed by atoms with E-state index >= 15 is 0 Å². The molecule has 7 nitrogen and oxygen atoms in total. The maximum Gasteiger partial charge on any atom is 0.255 e. The lowest BCUT2D eigenvalue weighted by atomic mass is 9.96. The molecule has 2 aromatic heterocycles. The SMILES string of the molecule is O=C(c1ccc(NC[C@@H]2CCCCO2)nc1)N1CCC(Cn2cccn2)CC1. The number of likely N-dealkylation sites (tertiary alicyclic amines) is 1. The first kappa shape index (κ1) is 18.9. The molecule has 2 fully saturated rings. The number of nitrogens with zero attached hydrogens (tertiary/aromatic N) is 4. The van der Waals surface area contributed by atoms with Crippen LogP contribution in [0.25, 0.3) is 0 Å². The molecule has 2 saturated heterocycles. The Morgan fingerprint density at radius 2 is 2.11 bits per heavy atom. The second-order valence-corrected chi connectivity index (χ2v) is 7.77. The number of piperidine rings is 1. The molecule has 0 saturated carbocycles. The molecule has 4 rings (SSSR count). The smallest absolute Gasteiger partial charge is 0.255 e. The topological polar surface area (TPSA) is 72.3 Å². The predicted molar refractivity (Wildman–Crippen MR) is 107 cm³/mol. The predicted octanol–water partition coefficient (Wildman–Crippen LogP) is 2.81. The number of carbonyl (C=O) groups excluding carboxylic acids is 1. The van der Waals surface area contributed by atoms with Crippen molar-refractivity contribution in [2.45, 2.75) is 44.8 Å². The number of hydrogen-bond donors (Lipinski definition) is 1. The summed E-state index contributed by atoms with van der Waals surface area (Å²) in [5, 5.41) is 7.60. The van der Waals surface area contributed by atoms with Crippen LogP contribution in [0.15, 0.2) is 36.8 Å². The molecule has 0 bridgehead atoms. The first-order valence-electron chi connectivity index (χ1n) is 10.4. The molecule has 150 valence electrons. The van der Waals surface area contributed by atoms with Crippen LogP contribution in [0, 0.1) is 5.92 Å². The van der Waals surface area contributed by atoms with Gasteiger partial charge in [-0.3, -0.25) is 9.48 Å². The van der Waals surface area contributed by atoms with E-state index in [1.165, 1.54) is 6.42 Å². The van der Waals surface area contributed by atoms with Crippen molar-refractivity contribution in [2.24, 2.45) is 5.92 Å². The summed E-state index contributed by atoms with van der Waals surface area (Å²) >= 11 is 0. The van der Waals surface area contributed by atoms with Crippen LogP contribution in [0.5, 0.6) is 0 Å². The normalized spacial score (nSPS) is 20.9. The molecule has 1 amide bonds. The van der Waals surface area contributed by atoms with E-state index in [0.29, 0.717) is 11.5 Å². The van der Waals surface area contributed by atoms with Crippen molar-refractivity contribution in [3.63, 3.8) is 0 Å². The second-order valence-electron chi connectivity index (χ2n) is 7.77. The zero-order chi connectivity index (χ0) is 19.2. The number of anilines is 1. The number of hydrogen-bond acceptors (Lipinski definition) is 5. The summed E-state index contributed by atoms with van der Waals surface area (Å²) < 4.78 is 7.71. The van der Waals surface area contributed by atoms with Crippen LogP contribution < -0.4 is 5.32 Å². The Morgan fingerprint density at radius 3 is 2.79 bits per heavy atom. The first-order chi connectivity index (χ1) is 13.8. The highest BCUT2D eigenvalue weighted by Crippen LogP contribution is 2.21. The summed E-state index contributed by atoms with van der Waals surface area (Å²) in [5.41, 5.74) is 0.657. The van der Waals surface area contributed by atoms with Gasteiger partial charge in [-0.25, -0.2) is 4.98 Å². The van der Waals surface area contributed by atoms with Gasteiger partial charge in [0.15, 0.2) is 0 Å². The van der Waals surface area contributed by atoms with E-state index in [-0.39, 0.29) is 12.0 Å². The van der Waals surface area contributed by atoms with Gasteiger partial charge in [-0.05, 0) is 56.2 Å². The molecule has 0 unspecified atom stereocenters. The van der Waals surface area contributed by atoms with Crippen LogP contribution in [0.3, 0.4) is 0 Å². The molecule has 2 aromatic rings.